The summed E-state index contributed by atoms with van der Waals surface area (Å²) < 4.78 is 5.47. The second-order valence-corrected chi connectivity index (χ2v) is 7.77. The third-order valence-electron chi connectivity index (χ3n) is 5.84. The van der Waals surface area contributed by atoms with Crippen LogP contribution in [0.15, 0.2) is 42.5 Å². The van der Waals surface area contributed by atoms with E-state index in [1.807, 2.05) is 35.2 Å². The largest absolute Gasteiger partial charge is 0.484 e. The van der Waals surface area contributed by atoms with Crippen LogP contribution in [-0.4, -0.2) is 55.0 Å². The molecule has 27 heavy (non-hydrogen) atoms. The number of hydrogen-bond acceptors (Lipinski definition) is 4. The second-order valence-electron chi connectivity index (χ2n) is 7.77. The van der Waals surface area contributed by atoms with E-state index in [1.54, 1.807) is 0 Å². The zero-order valence-electron chi connectivity index (χ0n) is 15.5. The van der Waals surface area contributed by atoms with Crippen molar-refractivity contribution in [3.8, 4) is 5.75 Å². The molecule has 0 spiro atoms. The lowest BCUT2D eigenvalue weighted by atomic mass is 9.86. The Morgan fingerprint density at radius 3 is 2.52 bits per heavy atom. The Balaban J connectivity index is 1.21. The zero-order chi connectivity index (χ0) is 18.6. The van der Waals surface area contributed by atoms with E-state index >= 15 is 0 Å². The monoisotopic (exact) mass is 369 g/mol. The van der Waals surface area contributed by atoms with Gasteiger partial charge in [-0.05, 0) is 43.2 Å². The molecule has 6 heteroatoms. The Kier molecular flexibility index (Phi) is 5.43. The third-order valence-corrected chi connectivity index (χ3v) is 5.84. The van der Waals surface area contributed by atoms with E-state index in [-0.39, 0.29) is 30.5 Å². The zero-order valence-corrected chi connectivity index (χ0v) is 15.5. The minimum atomic E-state index is -0.196. The Hall–Kier alpha value is -2.34. The van der Waals surface area contributed by atoms with Crippen molar-refractivity contribution >= 4 is 11.8 Å². The molecule has 4 rings (SSSR count). The van der Waals surface area contributed by atoms with Crippen LogP contribution in [0.25, 0.3) is 0 Å². The van der Waals surface area contributed by atoms with Crippen molar-refractivity contribution in [2.45, 2.75) is 31.3 Å². The molecule has 0 radical (unpaired) electrons. The summed E-state index contributed by atoms with van der Waals surface area (Å²) in [5.74, 6) is 1.94. The Morgan fingerprint density at radius 1 is 1.11 bits per heavy atom. The highest BCUT2D eigenvalue weighted by Gasteiger charge is 2.39. The lowest BCUT2D eigenvalue weighted by Crippen LogP contribution is -2.42. The molecule has 1 aliphatic carbocycles. The van der Waals surface area contributed by atoms with Crippen molar-refractivity contribution in [3.63, 3.8) is 0 Å². The highest BCUT2D eigenvalue weighted by Crippen LogP contribution is 2.33. The number of benzene rings is 1. The second kappa shape index (κ2) is 8.13. The summed E-state index contributed by atoms with van der Waals surface area (Å²) in [5, 5.41) is 6.25. The van der Waals surface area contributed by atoms with E-state index in [9.17, 15) is 9.59 Å². The molecular formula is C21H27N3O3. The first-order valence-electron chi connectivity index (χ1n) is 9.83. The van der Waals surface area contributed by atoms with Crippen molar-refractivity contribution in [1.82, 2.24) is 15.5 Å². The number of rotatable bonds is 5. The molecule has 144 valence electrons. The standard InChI is InChI=1S/C21H27N3O3/c25-20(14-27-18-8-2-1-3-9-18)23-17-10-19(22-11-17)21(26)24-12-15-6-4-5-7-16(15)13-24/h1-5,8-9,15-17,19,22H,6-7,10-14H2,(H,23,25)/t15-,16+,17-,19+/m1/s1. The summed E-state index contributed by atoms with van der Waals surface area (Å²) in [6.45, 7) is 2.35. The molecule has 2 aliphatic heterocycles. The smallest absolute Gasteiger partial charge is 0.258 e. The van der Waals surface area contributed by atoms with Crippen molar-refractivity contribution in [2.24, 2.45) is 11.8 Å². The van der Waals surface area contributed by atoms with Crippen molar-refractivity contribution in [3.05, 3.63) is 42.5 Å². The molecule has 2 amide bonds. The maximum absolute atomic E-state index is 12.8. The molecule has 2 saturated heterocycles. The number of likely N-dealkylation sites (tertiary alicyclic amines) is 1. The molecule has 6 nitrogen and oxygen atoms in total. The quantitative estimate of drug-likeness (QED) is 0.769. The molecule has 2 fully saturated rings. The van der Waals surface area contributed by atoms with Gasteiger partial charge in [-0.1, -0.05) is 30.4 Å². The van der Waals surface area contributed by atoms with E-state index in [0.717, 1.165) is 25.9 Å². The topological polar surface area (TPSA) is 70.7 Å². The van der Waals surface area contributed by atoms with Gasteiger partial charge in [0.05, 0.1) is 6.04 Å². The van der Waals surface area contributed by atoms with Gasteiger partial charge in [-0.2, -0.15) is 0 Å². The Morgan fingerprint density at radius 2 is 1.81 bits per heavy atom. The van der Waals surface area contributed by atoms with E-state index in [2.05, 4.69) is 22.8 Å². The predicted octanol–water partition coefficient (Wildman–Crippen LogP) is 1.34. The van der Waals surface area contributed by atoms with Gasteiger partial charge >= 0.3 is 0 Å². The molecule has 0 bridgehead atoms. The van der Waals surface area contributed by atoms with Crippen LogP contribution >= 0.6 is 0 Å². The molecule has 2 heterocycles. The summed E-state index contributed by atoms with van der Waals surface area (Å²) in [7, 11) is 0. The average molecular weight is 369 g/mol. The number of carbonyl (C=O) groups excluding carboxylic acids is 2. The first-order chi connectivity index (χ1) is 13.2. The number of carbonyl (C=O) groups is 2. The third kappa shape index (κ3) is 4.33. The SMILES string of the molecule is O=C(COc1ccccc1)N[C@H]1CN[C@H](C(=O)N2C[C@H]3CC=CC[C@H]3C2)C1. The van der Waals surface area contributed by atoms with E-state index in [4.69, 9.17) is 4.74 Å². The number of para-hydroxylation sites is 1. The maximum atomic E-state index is 12.8. The lowest BCUT2D eigenvalue weighted by molar-refractivity contribution is -0.132. The molecule has 1 aromatic rings. The summed E-state index contributed by atoms with van der Waals surface area (Å²) in [6, 6.07) is 9.06. The fraction of sp³-hybridized carbons (Fsp3) is 0.524. The maximum Gasteiger partial charge on any atom is 0.258 e. The van der Waals surface area contributed by atoms with Crippen LogP contribution in [0.4, 0.5) is 0 Å². The van der Waals surface area contributed by atoms with Gasteiger partial charge < -0.3 is 20.3 Å². The molecule has 1 aromatic carbocycles. The first-order valence-corrected chi connectivity index (χ1v) is 9.83. The van der Waals surface area contributed by atoms with Gasteiger partial charge in [0.15, 0.2) is 6.61 Å². The van der Waals surface area contributed by atoms with Gasteiger partial charge in [-0.3, -0.25) is 9.59 Å². The van der Waals surface area contributed by atoms with Crippen LogP contribution in [0.5, 0.6) is 5.75 Å². The van der Waals surface area contributed by atoms with Crippen molar-refractivity contribution in [1.29, 1.82) is 0 Å². The summed E-state index contributed by atoms with van der Waals surface area (Å²) in [6.07, 6.45) is 7.30. The van der Waals surface area contributed by atoms with Gasteiger partial charge in [-0.15, -0.1) is 0 Å². The number of amides is 2. The molecule has 0 aromatic heterocycles. The number of hydrogen-bond donors (Lipinski definition) is 2. The number of nitrogens with zero attached hydrogens (tertiary/aromatic N) is 1. The Bertz CT molecular complexity index is 690. The summed E-state index contributed by atoms with van der Waals surface area (Å²) >= 11 is 0. The molecular weight excluding hydrogens is 342 g/mol. The lowest BCUT2D eigenvalue weighted by Gasteiger charge is -2.20. The highest BCUT2D eigenvalue weighted by molar-refractivity contribution is 5.83. The van der Waals surface area contributed by atoms with E-state index < -0.39 is 0 Å². The van der Waals surface area contributed by atoms with Crippen LogP contribution in [0, 0.1) is 11.8 Å². The first kappa shape index (κ1) is 18.0. The molecule has 4 atom stereocenters. The Labute approximate surface area is 159 Å². The number of ether oxygens (including phenoxy) is 1. The molecule has 0 saturated carbocycles. The van der Waals surface area contributed by atoms with Crippen LogP contribution in [0.2, 0.25) is 0 Å². The van der Waals surface area contributed by atoms with Crippen LogP contribution in [0.1, 0.15) is 19.3 Å². The fourth-order valence-corrected chi connectivity index (χ4v) is 4.38. The van der Waals surface area contributed by atoms with Gasteiger partial charge in [0.1, 0.15) is 5.75 Å². The van der Waals surface area contributed by atoms with E-state index in [1.165, 1.54) is 0 Å². The molecule has 0 unspecified atom stereocenters. The minimum Gasteiger partial charge on any atom is -0.484 e. The van der Waals surface area contributed by atoms with Crippen molar-refractivity contribution in [2.75, 3.05) is 26.2 Å². The fourth-order valence-electron chi connectivity index (χ4n) is 4.38. The predicted molar refractivity (Wildman–Crippen MR) is 102 cm³/mol. The van der Waals surface area contributed by atoms with Crippen LogP contribution in [-0.2, 0) is 9.59 Å². The van der Waals surface area contributed by atoms with Gasteiger partial charge in [0, 0.05) is 25.7 Å². The average Bonchev–Trinajstić information content (AvgIpc) is 3.33. The number of fused-ring (bicyclic) bond motifs is 1. The number of nitrogens with one attached hydrogen (secondary N) is 2. The summed E-state index contributed by atoms with van der Waals surface area (Å²) in [5.41, 5.74) is 0. The normalized spacial score (nSPS) is 29.4. The van der Waals surface area contributed by atoms with Crippen LogP contribution in [0.3, 0.4) is 0 Å². The summed E-state index contributed by atoms with van der Waals surface area (Å²) in [4.78, 5) is 27.0. The van der Waals surface area contributed by atoms with Crippen molar-refractivity contribution < 1.29 is 14.3 Å². The number of allylic oxidation sites excluding steroid dienone is 2. The van der Waals surface area contributed by atoms with Crippen LogP contribution < -0.4 is 15.4 Å². The van der Waals surface area contributed by atoms with Gasteiger partial charge in [-0.25, -0.2) is 0 Å². The molecule has 2 N–H and O–H groups in total. The van der Waals surface area contributed by atoms with Gasteiger partial charge in [0.2, 0.25) is 5.91 Å². The minimum absolute atomic E-state index is 0.0123. The van der Waals surface area contributed by atoms with Gasteiger partial charge in [0.25, 0.3) is 5.91 Å². The van der Waals surface area contributed by atoms with E-state index in [0.29, 0.717) is 30.6 Å². The highest BCUT2D eigenvalue weighted by atomic mass is 16.5. The molecule has 3 aliphatic rings.